The van der Waals surface area contributed by atoms with Gasteiger partial charge in [0.2, 0.25) is 5.91 Å². The highest BCUT2D eigenvalue weighted by Crippen LogP contribution is 2.26. The average Bonchev–Trinajstić information content (AvgIpc) is 3.06. The number of rotatable bonds is 3. The summed E-state index contributed by atoms with van der Waals surface area (Å²) in [5.74, 6) is 1.19. The summed E-state index contributed by atoms with van der Waals surface area (Å²) in [6, 6.07) is 4.14. The van der Waals surface area contributed by atoms with Crippen molar-refractivity contribution in [1.82, 2.24) is 15.0 Å². The predicted molar refractivity (Wildman–Crippen MR) is 79.3 cm³/mol. The van der Waals surface area contributed by atoms with E-state index >= 15 is 0 Å². The van der Waals surface area contributed by atoms with E-state index in [9.17, 15) is 4.79 Å². The molecule has 0 spiro atoms. The lowest BCUT2D eigenvalue weighted by Crippen LogP contribution is -2.31. The van der Waals surface area contributed by atoms with E-state index in [4.69, 9.17) is 0 Å². The second-order valence-corrected chi connectivity index (χ2v) is 5.90. The van der Waals surface area contributed by atoms with Crippen molar-refractivity contribution in [2.75, 3.05) is 0 Å². The number of aromatic nitrogens is 2. The Labute approximate surface area is 121 Å². The van der Waals surface area contributed by atoms with Gasteiger partial charge in [0.15, 0.2) is 0 Å². The largest absolute Gasteiger partial charge is 0.295 e. The fourth-order valence-electron chi connectivity index (χ4n) is 2.34. The monoisotopic (exact) mass is 288 g/mol. The van der Waals surface area contributed by atoms with Gasteiger partial charge in [-0.2, -0.15) is 5.10 Å². The minimum Gasteiger partial charge on any atom is -0.295 e. The number of thiophene rings is 1. The van der Waals surface area contributed by atoms with E-state index in [0.717, 1.165) is 27.8 Å². The van der Waals surface area contributed by atoms with Crippen LogP contribution in [0, 0.1) is 5.92 Å². The summed E-state index contributed by atoms with van der Waals surface area (Å²) >= 11 is 1.67. The molecule has 0 saturated heterocycles. The Bertz CT molecular complexity index is 670. The van der Waals surface area contributed by atoms with Gasteiger partial charge in [-0.05, 0) is 12.1 Å². The molecule has 1 aliphatic heterocycles. The summed E-state index contributed by atoms with van der Waals surface area (Å²) in [5.41, 5.74) is 3.52. The first kappa shape index (κ1) is 13.1. The van der Waals surface area contributed by atoms with E-state index in [2.05, 4.69) is 39.1 Å². The first-order valence-corrected chi connectivity index (χ1v) is 7.50. The number of carbonyl (C=O) groups is 1. The van der Waals surface area contributed by atoms with Crippen molar-refractivity contribution in [2.45, 2.75) is 26.7 Å². The molecule has 1 aliphatic rings. The van der Waals surface area contributed by atoms with Crippen LogP contribution in [0.5, 0.6) is 0 Å². The Morgan fingerprint density at radius 2 is 2.35 bits per heavy atom. The number of amides is 1. The molecular formula is C14H16N4OS. The van der Waals surface area contributed by atoms with Gasteiger partial charge in [-0.3, -0.25) is 9.36 Å². The topological polar surface area (TPSA) is 59.3 Å². The summed E-state index contributed by atoms with van der Waals surface area (Å²) in [5, 5.41) is 5.33. The van der Waals surface area contributed by atoms with E-state index in [1.165, 1.54) is 0 Å². The van der Waals surface area contributed by atoms with Crippen molar-refractivity contribution < 1.29 is 4.79 Å². The van der Waals surface area contributed by atoms with Crippen LogP contribution in [0.2, 0.25) is 0 Å². The predicted octanol–water partition coefficient (Wildman–Crippen LogP) is 2.36. The number of hydrogen-bond acceptors (Lipinski definition) is 4. The van der Waals surface area contributed by atoms with Crippen LogP contribution in [0.25, 0.3) is 5.00 Å². The maximum Gasteiger partial charge on any atom is 0.240 e. The Kier molecular flexibility index (Phi) is 3.40. The van der Waals surface area contributed by atoms with Crippen molar-refractivity contribution in [1.29, 1.82) is 0 Å². The van der Waals surface area contributed by atoms with Gasteiger partial charge in [0.05, 0.1) is 10.6 Å². The molecule has 0 bridgehead atoms. The smallest absolute Gasteiger partial charge is 0.240 e. The number of hydrogen-bond donors (Lipinski definition) is 1. The fourth-order valence-corrected chi connectivity index (χ4v) is 3.46. The highest BCUT2D eigenvalue weighted by molar-refractivity contribution is 7.16. The van der Waals surface area contributed by atoms with E-state index in [1.54, 1.807) is 11.3 Å². The van der Waals surface area contributed by atoms with Gasteiger partial charge in [-0.25, -0.2) is 10.4 Å². The molecule has 0 radical (unpaired) electrons. The Morgan fingerprint density at radius 1 is 1.50 bits per heavy atom. The second-order valence-electron chi connectivity index (χ2n) is 4.84. The molecule has 5 nitrogen and oxygen atoms in total. The van der Waals surface area contributed by atoms with Crippen molar-refractivity contribution in [3.63, 3.8) is 0 Å². The van der Waals surface area contributed by atoms with Crippen LogP contribution in [0.1, 0.15) is 31.0 Å². The number of nitrogens with one attached hydrogen (secondary N) is 1. The summed E-state index contributed by atoms with van der Waals surface area (Å²) in [6.07, 6.45) is 5.19. The number of aryl methyl sites for hydroxylation is 1. The lowest BCUT2D eigenvalue weighted by Gasteiger charge is -2.17. The first-order valence-electron chi connectivity index (χ1n) is 6.68. The van der Waals surface area contributed by atoms with Crippen molar-refractivity contribution in [3.8, 4) is 5.00 Å². The lowest BCUT2D eigenvalue weighted by atomic mass is 9.99. The normalized spacial score (nSPS) is 18.8. The zero-order valence-corrected chi connectivity index (χ0v) is 12.3. The van der Waals surface area contributed by atoms with Gasteiger partial charge in [-0.15, -0.1) is 11.3 Å². The van der Waals surface area contributed by atoms with Gasteiger partial charge in [0, 0.05) is 31.2 Å². The van der Waals surface area contributed by atoms with Crippen LogP contribution in [-0.2, 0) is 11.2 Å². The summed E-state index contributed by atoms with van der Waals surface area (Å²) in [6.45, 7) is 4.13. The zero-order valence-electron chi connectivity index (χ0n) is 11.5. The standard InChI is InChI=1S/C14H16N4OS/c1-3-11-15-6-7-18(11)13-5-4-10(20-13)14-9(2)8-12(19)16-17-14/h4-7,9H,3,8H2,1-2H3,(H,16,19). The molecule has 3 rings (SSSR count). The molecule has 0 fully saturated rings. The molecule has 1 amide bonds. The molecule has 1 N–H and O–H groups in total. The number of nitrogens with zero attached hydrogens (tertiary/aromatic N) is 3. The van der Waals surface area contributed by atoms with Crippen LogP contribution in [0.3, 0.4) is 0 Å². The Balaban J connectivity index is 1.93. The van der Waals surface area contributed by atoms with Gasteiger partial charge in [0.25, 0.3) is 0 Å². The molecule has 0 aliphatic carbocycles. The highest BCUT2D eigenvalue weighted by Gasteiger charge is 2.23. The summed E-state index contributed by atoms with van der Waals surface area (Å²) in [7, 11) is 0. The molecule has 2 aromatic heterocycles. The van der Waals surface area contributed by atoms with Gasteiger partial charge in [-0.1, -0.05) is 13.8 Å². The number of imidazole rings is 1. The van der Waals surface area contributed by atoms with Crippen molar-refractivity contribution >= 4 is 23.0 Å². The summed E-state index contributed by atoms with van der Waals surface area (Å²) < 4.78 is 2.10. The van der Waals surface area contributed by atoms with E-state index in [1.807, 2.05) is 19.3 Å². The third-order valence-corrected chi connectivity index (χ3v) is 4.48. The molecule has 1 unspecified atom stereocenters. The molecule has 2 aromatic rings. The van der Waals surface area contributed by atoms with Crippen LogP contribution in [0.4, 0.5) is 0 Å². The van der Waals surface area contributed by atoms with Crippen molar-refractivity contribution in [2.24, 2.45) is 11.0 Å². The quantitative estimate of drug-likeness (QED) is 0.942. The highest BCUT2D eigenvalue weighted by atomic mass is 32.1. The maximum absolute atomic E-state index is 11.3. The number of carbonyl (C=O) groups excluding carboxylic acids is 1. The Hall–Kier alpha value is -1.95. The third-order valence-electron chi connectivity index (χ3n) is 3.37. The zero-order chi connectivity index (χ0) is 14.1. The van der Waals surface area contributed by atoms with Gasteiger partial charge in [0.1, 0.15) is 10.8 Å². The van der Waals surface area contributed by atoms with Crippen LogP contribution in [0.15, 0.2) is 29.6 Å². The maximum atomic E-state index is 11.3. The molecule has 3 heterocycles. The molecule has 6 heteroatoms. The van der Waals surface area contributed by atoms with E-state index < -0.39 is 0 Å². The van der Waals surface area contributed by atoms with Gasteiger partial charge < -0.3 is 0 Å². The Morgan fingerprint density at radius 3 is 3.10 bits per heavy atom. The molecule has 1 atom stereocenters. The molecule has 104 valence electrons. The van der Waals surface area contributed by atoms with E-state index in [-0.39, 0.29) is 11.8 Å². The lowest BCUT2D eigenvalue weighted by molar-refractivity contribution is -0.121. The van der Waals surface area contributed by atoms with Crippen LogP contribution < -0.4 is 5.43 Å². The molecular weight excluding hydrogens is 272 g/mol. The molecule has 0 aromatic carbocycles. The van der Waals surface area contributed by atoms with Crippen molar-refractivity contribution in [3.05, 3.63) is 35.2 Å². The summed E-state index contributed by atoms with van der Waals surface area (Å²) in [4.78, 5) is 16.7. The van der Waals surface area contributed by atoms with Crippen LogP contribution in [-0.4, -0.2) is 21.2 Å². The van der Waals surface area contributed by atoms with Crippen LogP contribution >= 0.6 is 11.3 Å². The molecule has 20 heavy (non-hydrogen) atoms. The second kappa shape index (κ2) is 5.20. The first-order chi connectivity index (χ1) is 9.69. The van der Waals surface area contributed by atoms with Gasteiger partial charge >= 0.3 is 0 Å². The minimum absolute atomic E-state index is 0.0130. The minimum atomic E-state index is -0.0130. The third kappa shape index (κ3) is 2.27. The molecule has 0 saturated carbocycles. The number of hydrazone groups is 1. The van der Waals surface area contributed by atoms with E-state index in [0.29, 0.717) is 6.42 Å². The fraction of sp³-hybridized carbons (Fsp3) is 0.357. The average molecular weight is 288 g/mol. The SMILES string of the molecule is CCc1nccn1-c1ccc(C2=NNC(=O)CC2C)s1.